The fourth-order valence-corrected chi connectivity index (χ4v) is 4.02. The Hall–Kier alpha value is -0.380. The van der Waals surface area contributed by atoms with Crippen molar-refractivity contribution in [1.29, 1.82) is 0 Å². The van der Waals surface area contributed by atoms with E-state index in [0.29, 0.717) is 17.0 Å². The molecule has 1 fully saturated rings. The fourth-order valence-electron chi connectivity index (χ4n) is 3.36. The van der Waals surface area contributed by atoms with Gasteiger partial charge >= 0.3 is 0 Å². The minimum atomic E-state index is 0.303. The monoisotopic (exact) mass is 294 g/mol. The van der Waals surface area contributed by atoms with Crippen LogP contribution in [0, 0.1) is 5.41 Å². The molecule has 1 saturated heterocycles. The molecule has 2 rings (SSSR count). The van der Waals surface area contributed by atoms with Crippen LogP contribution < -0.4 is 5.32 Å². The third-order valence-corrected chi connectivity index (χ3v) is 5.67. The van der Waals surface area contributed by atoms with Crippen LogP contribution in [-0.2, 0) is 6.54 Å². The summed E-state index contributed by atoms with van der Waals surface area (Å²) in [4.78, 5) is 2.71. The quantitative estimate of drug-likeness (QED) is 0.898. The van der Waals surface area contributed by atoms with E-state index in [9.17, 15) is 0 Å². The van der Waals surface area contributed by atoms with E-state index in [1.807, 2.05) is 0 Å². The van der Waals surface area contributed by atoms with Gasteiger partial charge in [-0.1, -0.05) is 34.6 Å². The number of nitrogens with zero attached hydrogens (tertiary/aromatic N) is 1. The van der Waals surface area contributed by atoms with Crippen molar-refractivity contribution < 1.29 is 0 Å². The van der Waals surface area contributed by atoms with E-state index in [2.05, 4.69) is 61.7 Å². The van der Waals surface area contributed by atoms with E-state index >= 15 is 0 Å². The van der Waals surface area contributed by atoms with Crippen LogP contribution in [0.4, 0.5) is 0 Å². The van der Waals surface area contributed by atoms with Crippen LogP contribution in [0.2, 0.25) is 0 Å². The first-order valence-corrected chi connectivity index (χ1v) is 8.84. The second-order valence-corrected chi connectivity index (χ2v) is 8.07. The van der Waals surface area contributed by atoms with E-state index < -0.39 is 0 Å². The van der Waals surface area contributed by atoms with E-state index in [-0.39, 0.29) is 0 Å². The summed E-state index contributed by atoms with van der Waals surface area (Å²) in [5, 5.41) is 8.34. The van der Waals surface area contributed by atoms with Gasteiger partial charge in [0, 0.05) is 31.2 Å². The smallest absolute Gasteiger partial charge is 0.0304 e. The second-order valence-electron chi connectivity index (χ2n) is 7.29. The highest BCUT2D eigenvalue weighted by molar-refractivity contribution is 7.07. The summed E-state index contributed by atoms with van der Waals surface area (Å²) in [6, 6.07) is 2.88. The minimum Gasteiger partial charge on any atom is -0.308 e. The van der Waals surface area contributed by atoms with Crippen molar-refractivity contribution in [2.24, 2.45) is 5.41 Å². The van der Waals surface area contributed by atoms with E-state index in [4.69, 9.17) is 0 Å². The van der Waals surface area contributed by atoms with E-state index in [1.165, 1.54) is 18.4 Å². The van der Waals surface area contributed by atoms with Crippen molar-refractivity contribution in [1.82, 2.24) is 10.2 Å². The predicted molar refractivity (Wildman–Crippen MR) is 89.3 cm³/mol. The van der Waals surface area contributed by atoms with Crippen LogP contribution in [0.5, 0.6) is 0 Å². The lowest BCUT2D eigenvalue weighted by Gasteiger charge is -2.51. The molecular formula is C17H30N2S. The summed E-state index contributed by atoms with van der Waals surface area (Å²) in [6.07, 6.45) is 2.42. The van der Waals surface area contributed by atoms with E-state index in [1.54, 1.807) is 11.3 Å². The van der Waals surface area contributed by atoms with Crippen molar-refractivity contribution in [2.75, 3.05) is 13.1 Å². The number of nitrogens with one attached hydrogen (secondary N) is 1. The van der Waals surface area contributed by atoms with Gasteiger partial charge in [0.05, 0.1) is 0 Å². The third kappa shape index (κ3) is 3.44. The molecular weight excluding hydrogens is 264 g/mol. The number of hydrogen-bond donors (Lipinski definition) is 1. The molecule has 1 aliphatic rings. The van der Waals surface area contributed by atoms with Gasteiger partial charge in [-0.3, -0.25) is 4.90 Å². The summed E-state index contributed by atoms with van der Waals surface area (Å²) in [5.41, 5.74) is 2.08. The Bertz CT molecular complexity index is 401. The Kier molecular flexibility index (Phi) is 4.93. The largest absolute Gasteiger partial charge is 0.308 e. The SMILES string of the molecule is CCC1(CC)CN(Cc2ccsc2)C(C(C)(C)C)CN1. The average Bonchev–Trinajstić information content (AvgIpc) is 2.90. The van der Waals surface area contributed by atoms with Gasteiger partial charge in [-0.15, -0.1) is 0 Å². The van der Waals surface area contributed by atoms with Crippen molar-refractivity contribution in [2.45, 2.75) is 65.6 Å². The molecule has 0 aromatic carbocycles. The maximum atomic E-state index is 3.86. The molecule has 1 aromatic heterocycles. The summed E-state index contributed by atoms with van der Waals surface area (Å²) < 4.78 is 0. The van der Waals surface area contributed by atoms with Crippen molar-refractivity contribution in [3.63, 3.8) is 0 Å². The zero-order valence-corrected chi connectivity index (χ0v) is 14.5. The lowest BCUT2D eigenvalue weighted by Crippen LogP contribution is -2.66. The molecule has 1 aliphatic heterocycles. The first kappa shape index (κ1) is 16.0. The maximum Gasteiger partial charge on any atom is 0.0304 e. The molecule has 114 valence electrons. The molecule has 20 heavy (non-hydrogen) atoms. The fraction of sp³-hybridized carbons (Fsp3) is 0.765. The highest BCUT2D eigenvalue weighted by Crippen LogP contribution is 2.32. The molecule has 2 nitrogen and oxygen atoms in total. The summed E-state index contributed by atoms with van der Waals surface area (Å²) in [6.45, 7) is 15.1. The second kappa shape index (κ2) is 6.17. The standard InChI is InChI=1S/C17H30N2S/c1-6-17(7-2)13-19(11-14-8-9-20-12-14)15(10-18-17)16(3,4)5/h8-9,12,15,18H,6-7,10-11,13H2,1-5H3. The molecule has 0 amide bonds. The van der Waals surface area contributed by atoms with Gasteiger partial charge < -0.3 is 5.32 Å². The molecule has 1 N–H and O–H groups in total. The van der Waals surface area contributed by atoms with Crippen LogP contribution in [0.25, 0.3) is 0 Å². The number of rotatable bonds is 4. The molecule has 2 heterocycles. The normalized spacial score (nSPS) is 23.9. The third-order valence-electron chi connectivity index (χ3n) is 4.94. The van der Waals surface area contributed by atoms with Crippen LogP contribution in [0.1, 0.15) is 53.0 Å². The Morgan fingerprint density at radius 2 is 2.05 bits per heavy atom. The molecule has 0 saturated carbocycles. The van der Waals surface area contributed by atoms with Crippen LogP contribution in [0.3, 0.4) is 0 Å². The van der Waals surface area contributed by atoms with Crippen LogP contribution in [0.15, 0.2) is 16.8 Å². The predicted octanol–water partition coefficient (Wildman–Crippen LogP) is 4.13. The summed E-state index contributed by atoms with van der Waals surface area (Å²) in [7, 11) is 0. The molecule has 1 unspecified atom stereocenters. The topological polar surface area (TPSA) is 15.3 Å². The summed E-state index contributed by atoms with van der Waals surface area (Å²) >= 11 is 1.81. The van der Waals surface area contributed by atoms with Crippen molar-refractivity contribution >= 4 is 11.3 Å². The van der Waals surface area contributed by atoms with Crippen LogP contribution >= 0.6 is 11.3 Å². The first-order chi connectivity index (χ1) is 9.40. The lowest BCUT2D eigenvalue weighted by molar-refractivity contribution is 0.0131. The van der Waals surface area contributed by atoms with Crippen molar-refractivity contribution in [3.8, 4) is 0 Å². The van der Waals surface area contributed by atoms with Gasteiger partial charge in [0.25, 0.3) is 0 Å². The van der Waals surface area contributed by atoms with Gasteiger partial charge in [-0.2, -0.15) is 11.3 Å². The minimum absolute atomic E-state index is 0.303. The zero-order chi connectivity index (χ0) is 14.8. The molecule has 0 spiro atoms. The molecule has 3 heteroatoms. The molecule has 0 aliphatic carbocycles. The highest BCUT2D eigenvalue weighted by atomic mass is 32.1. The van der Waals surface area contributed by atoms with Gasteiger partial charge in [0.15, 0.2) is 0 Å². The Balaban J connectivity index is 2.18. The Morgan fingerprint density at radius 3 is 2.55 bits per heavy atom. The van der Waals surface area contributed by atoms with Crippen LogP contribution in [-0.4, -0.2) is 29.6 Å². The Morgan fingerprint density at radius 1 is 1.35 bits per heavy atom. The van der Waals surface area contributed by atoms with E-state index in [0.717, 1.165) is 19.6 Å². The highest BCUT2D eigenvalue weighted by Gasteiger charge is 2.40. The number of piperazine rings is 1. The molecule has 0 radical (unpaired) electrons. The van der Waals surface area contributed by atoms with Gasteiger partial charge in [0.1, 0.15) is 0 Å². The molecule has 1 atom stereocenters. The molecule has 0 bridgehead atoms. The first-order valence-electron chi connectivity index (χ1n) is 7.90. The number of thiophene rings is 1. The van der Waals surface area contributed by atoms with Crippen molar-refractivity contribution in [3.05, 3.63) is 22.4 Å². The zero-order valence-electron chi connectivity index (χ0n) is 13.7. The summed E-state index contributed by atoms with van der Waals surface area (Å²) in [5.74, 6) is 0. The number of hydrogen-bond acceptors (Lipinski definition) is 3. The van der Waals surface area contributed by atoms with Gasteiger partial charge in [-0.25, -0.2) is 0 Å². The average molecular weight is 295 g/mol. The van der Waals surface area contributed by atoms with Gasteiger partial charge in [-0.05, 0) is 40.6 Å². The Labute approximate surface area is 128 Å². The van der Waals surface area contributed by atoms with Gasteiger partial charge in [0.2, 0.25) is 0 Å². The lowest BCUT2D eigenvalue weighted by atomic mass is 9.80. The molecule has 1 aromatic rings. The maximum absolute atomic E-state index is 3.86.